The number of hydrogen-bond acceptors (Lipinski definition) is 11. The molecule has 0 aliphatic carbocycles. The quantitative estimate of drug-likeness (QED) is 0.0868. The lowest BCUT2D eigenvalue weighted by molar-refractivity contribution is -0.769. The van der Waals surface area contributed by atoms with Crippen molar-refractivity contribution in [1.29, 1.82) is 0 Å². The summed E-state index contributed by atoms with van der Waals surface area (Å²) in [5.74, 6) is 0.350. The molecule has 0 fully saturated rings. The van der Waals surface area contributed by atoms with E-state index in [1.54, 1.807) is 6.07 Å². The largest absolute Gasteiger partial charge is 0.507 e. The van der Waals surface area contributed by atoms with Crippen LogP contribution in [0, 0.1) is 15.0 Å². The summed E-state index contributed by atoms with van der Waals surface area (Å²) >= 11 is 1.86. The van der Waals surface area contributed by atoms with E-state index in [2.05, 4.69) is 56.3 Å². The second kappa shape index (κ2) is 20.3. The summed E-state index contributed by atoms with van der Waals surface area (Å²) in [5.41, 5.74) is 0. The molecule has 2 aromatic carbocycles. The number of carbonyl (C=O) groups excluding carboxylic acids is 1. The van der Waals surface area contributed by atoms with Gasteiger partial charge in [0, 0.05) is 10.3 Å². The van der Waals surface area contributed by atoms with Crippen molar-refractivity contribution in [3.63, 3.8) is 0 Å². The van der Waals surface area contributed by atoms with Gasteiger partial charge in [0.25, 0.3) is 11.6 Å². The fourth-order valence-electron chi connectivity index (χ4n) is 3.24. The zero-order valence-electron chi connectivity index (χ0n) is 21.6. The lowest BCUT2D eigenvalue weighted by Gasteiger charge is -2.11. The summed E-state index contributed by atoms with van der Waals surface area (Å²) in [4.78, 5) is 41.6. The highest BCUT2D eigenvalue weighted by molar-refractivity contribution is 7.09. The van der Waals surface area contributed by atoms with Crippen molar-refractivity contribution in [2.45, 2.75) is 38.2 Å². The van der Waals surface area contributed by atoms with Gasteiger partial charge < -0.3 is 24.4 Å². The fourth-order valence-corrected chi connectivity index (χ4v) is 3.99. The Labute approximate surface area is 226 Å². The third kappa shape index (κ3) is 15.4. The molecular formula is C26H35N3O8S. The van der Waals surface area contributed by atoms with E-state index in [1.165, 1.54) is 24.3 Å². The number of nitrogens with zero attached hydrogens (tertiary/aromatic N) is 3. The molecule has 0 amide bonds. The van der Waals surface area contributed by atoms with Crippen LogP contribution in [0.5, 0.6) is 5.75 Å². The molecule has 1 aromatic heterocycles. The van der Waals surface area contributed by atoms with Crippen LogP contribution < -0.4 is 0 Å². The van der Waals surface area contributed by atoms with Crippen molar-refractivity contribution >= 4 is 28.6 Å². The molecular weight excluding hydrogens is 514 g/mol. The molecule has 11 nitrogen and oxygen atoms in total. The number of carbonyl (C=O) groups is 1. The summed E-state index contributed by atoms with van der Waals surface area (Å²) < 4.78 is 4.42. The summed E-state index contributed by atoms with van der Waals surface area (Å²) in [6.45, 7) is 1.48. The molecule has 0 spiro atoms. The number of phenolic OH excluding ortho intramolecular Hbond substituents is 1. The van der Waals surface area contributed by atoms with Gasteiger partial charge in [-0.25, -0.2) is 0 Å². The first-order chi connectivity index (χ1) is 18.4. The van der Waals surface area contributed by atoms with Gasteiger partial charge in [0.2, 0.25) is 0 Å². The second-order valence-corrected chi connectivity index (χ2v) is 9.30. The number of aromatic hydroxyl groups is 1. The Balaban J connectivity index is 0.000000291. The van der Waals surface area contributed by atoms with Gasteiger partial charge in [-0.3, -0.25) is 4.79 Å². The van der Waals surface area contributed by atoms with Gasteiger partial charge in [0.15, 0.2) is 5.34 Å². The molecule has 0 aliphatic rings. The molecule has 1 atom stereocenters. The molecule has 12 heteroatoms. The van der Waals surface area contributed by atoms with E-state index in [-0.39, 0.29) is 13.2 Å². The molecule has 208 valence electrons. The van der Waals surface area contributed by atoms with Crippen LogP contribution in [-0.4, -0.2) is 61.5 Å². The zero-order chi connectivity index (χ0) is 28.0. The van der Waals surface area contributed by atoms with E-state index in [1.807, 2.05) is 47.7 Å². The van der Waals surface area contributed by atoms with Crippen molar-refractivity contribution in [3.05, 3.63) is 79.9 Å². The molecule has 0 saturated carbocycles. The Hall–Kier alpha value is -3.77. The van der Waals surface area contributed by atoms with Crippen molar-refractivity contribution in [2.24, 2.45) is 5.34 Å². The molecule has 3 aromatic rings. The Morgan fingerprint density at radius 1 is 1.11 bits per heavy atom. The van der Waals surface area contributed by atoms with E-state index in [9.17, 15) is 24.9 Å². The first-order valence-electron chi connectivity index (χ1n) is 12.0. The topological polar surface area (TPSA) is 141 Å². The number of phenols is 1. The van der Waals surface area contributed by atoms with Gasteiger partial charge in [-0.05, 0) is 75.6 Å². The molecule has 0 radical (unpaired) electrons. The molecule has 38 heavy (non-hydrogen) atoms. The number of hydrogen-bond donors (Lipinski definition) is 1. The fraction of sp³-hybridized carbons (Fsp3) is 0.423. The maximum absolute atomic E-state index is 10.1. The predicted molar refractivity (Wildman–Crippen MR) is 146 cm³/mol. The number of rotatable bonds is 15. The minimum Gasteiger partial charge on any atom is -0.507 e. The van der Waals surface area contributed by atoms with Gasteiger partial charge in [0.1, 0.15) is 18.5 Å². The minimum absolute atomic E-state index is 0.238. The van der Waals surface area contributed by atoms with Crippen LogP contribution in [0.3, 0.4) is 0 Å². The normalized spacial score (nSPS) is 10.8. The summed E-state index contributed by atoms with van der Waals surface area (Å²) in [7, 11) is 4.24. The van der Waals surface area contributed by atoms with Crippen LogP contribution in [0.4, 0.5) is 0 Å². The third-order valence-electron chi connectivity index (χ3n) is 5.03. The lowest BCUT2D eigenvalue weighted by atomic mass is 10.1. The van der Waals surface area contributed by atoms with E-state index in [0.29, 0.717) is 31.5 Å². The maximum atomic E-state index is 10.1. The highest BCUT2D eigenvalue weighted by Gasteiger charge is 2.14. The van der Waals surface area contributed by atoms with E-state index in [4.69, 9.17) is 0 Å². The Kier molecular flexibility index (Phi) is 17.2. The van der Waals surface area contributed by atoms with Crippen LogP contribution in [-0.2, 0) is 25.6 Å². The highest BCUT2D eigenvalue weighted by atomic mass is 32.1. The van der Waals surface area contributed by atoms with E-state index in [0.717, 1.165) is 10.8 Å². The van der Waals surface area contributed by atoms with Gasteiger partial charge in [-0.15, -0.1) is 26.4 Å². The van der Waals surface area contributed by atoms with E-state index >= 15 is 0 Å². The van der Waals surface area contributed by atoms with Crippen LogP contribution in [0.25, 0.3) is 10.8 Å². The molecule has 0 saturated heterocycles. The van der Waals surface area contributed by atoms with Gasteiger partial charge >= 0.3 is 0 Å². The van der Waals surface area contributed by atoms with Gasteiger partial charge in [-0.1, -0.05) is 42.5 Å². The molecule has 0 bridgehead atoms. The number of benzene rings is 2. The number of unbranched alkanes of at least 4 members (excludes halogenated alkanes) is 1. The summed E-state index contributed by atoms with van der Waals surface area (Å²) in [6.07, 6.45) is 3.05. The van der Waals surface area contributed by atoms with Crippen LogP contribution in [0.15, 0.2) is 65.3 Å². The van der Waals surface area contributed by atoms with E-state index < -0.39 is 11.2 Å². The molecule has 1 heterocycles. The number of ether oxygens (including phenoxy) is 1. The van der Waals surface area contributed by atoms with Crippen LogP contribution in [0.1, 0.15) is 30.6 Å². The van der Waals surface area contributed by atoms with Crippen molar-refractivity contribution in [3.8, 4) is 5.75 Å². The second-order valence-electron chi connectivity index (χ2n) is 8.27. The smallest absolute Gasteiger partial charge is 0.294 e. The van der Waals surface area contributed by atoms with Gasteiger partial charge in [0.05, 0.1) is 6.61 Å². The lowest BCUT2D eigenvalue weighted by Crippen LogP contribution is -2.22. The van der Waals surface area contributed by atoms with Gasteiger partial charge in [-0.2, -0.15) is 0 Å². The third-order valence-corrected chi connectivity index (χ3v) is 5.97. The highest BCUT2D eigenvalue weighted by Crippen LogP contribution is 2.23. The average molecular weight is 550 g/mol. The standard InChI is InChI=1S/C10H8O.C9H15NS.C7H12N2O7/c11-10-7-3-5-8-4-1-2-6-9(8)10;1-10(2)7-3-5-9-6-4-8-11-9;10-6-14-4-2-1-3-7(5-15-8-11)16-9(12)13/h1-7,11H;4,6,8H,3,5,7H2,1-2H3;6-7H,1-5H2. The number of aryl methyl sites for hydroxylation is 1. The molecule has 0 aliphatic heterocycles. The van der Waals surface area contributed by atoms with Crippen molar-refractivity contribution < 1.29 is 29.4 Å². The Morgan fingerprint density at radius 2 is 1.87 bits per heavy atom. The monoisotopic (exact) mass is 549 g/mol. The predicted octanol–water partition coefficient (Wildman–Crippen LogP) is 5.39. The van der Waals surface area contributed by atoms with Crippen molar-refractivity contribution in [1.82, 2.24) is 4.90 Å². The van der Waals surface area contributed by atoms with Crippen LogP contribution in [0.2, 0.25) is 0 Å². The molecule has 1 N–H and O–H groups in total. The SMILES string of the molecule is CN(C)CCCc1cccs1.O=COCCCCC(CON=O)O[N+](=O)[O-].Oc1cccc2ccccc12. The Morgan fingerprint density at radius 3 is 2.50 bits per heavy atom. The first kappa shape index (κ1) is 32.3. The van der Waals surface area contributed by atoms with Crippen molar-refractivity contribution in [2.75, 3.05) is 33.9 Å². The number of thiophene rings is 1. The maximum Gasteiger partial charge on any atom is 0.294 e. The molecule has 3 rings (SSSR count). The zero-order valence-corrected chi connectivity index (χ0v) is 22.5. The number of fused-ring (bicyclic) bond motifs is 1. The molecule has 1 unspecified atom stereocenters. The summed E-state index contributed by atoms with van der Waals surface area (Å²) in [6, 6.07) is 17.6. The van der Waals surface area contributed by atoms with Crippen LogP contribution >= 0.6 is 11.3 Å². The summed E-state index contributed by atoms with van der Waals surface area (Å²) in [5, 5.41) is 24.7. The average Bonchev–Trinajstić information content (AvgIpc) is 3.41. The minimum atomic E-state index is -0.958. The first-order valence-corrected chi connectivity index (χ1v) is 12.9. The Bertz CT molecular complexity index is 1040.